The van der Waals surface area contributed by atoms with Gasteiger partial charge < -0.3 is 4.90 Å². The Labute approximate surface area is 169 Å². The molecule has 0 saturated heterocycles. The van der Waals surface area contributed by atoms with Gasteiger partial charge in [0.25, 0.3) is 15.9 Å². The van der Waals surface area contributed by atoms with Crippen molar-refractivity contribution in [3.63, 3.8) is 0 Å². The molecular formula is C17H20ClN3O5S2. The van der Waals surface area contributed by atoms with Crippen molar-refractivity contribution in [2.75, 3.05) is 32.9 Å². The molecule has 1 N–H and O–H groups in total. The summed E-state index contributed by atoms with van der Waals surface area (Å²) in [6.45, 7) is 0. The van der Waals surface area contributed by atoms with E-state index in [0.29, 0.717) is 0 Å². The molecule has 0 radical (unpaired) electrons. The Balaban J connectivity index is 2.51. The third-order valence-electron chi connectivity index (χ3n) is 3.76. The van der Waals surface area contributed by atoms with Crippen molar-refractivity contribution in [2.45, 2.75) is 9.79 Å². The van der Waals surface area contributed by atoms with E-state index < -0.39 is 26.0 Å². The lowest BCUT2D eigenvalue weighted by Gasteiger charge is -2.16. The number of halogens is 1. The molecule has 0 saturated carbocycles. The zero-order valence-electron chi connectivity index (χ0n) is 15.7. The van der Waals surface area contributed by atoms with Crippen LogP contribution in [-0.2, 0) is 20.0 Å². The zero-order chi connectivity index (χ0) is 21.3. The summed E-state index contributed by atoms with van der Waals surface area (Å²) < 4.78 is 53.5. The molecule has 28 heavy (non-hydrogen) atoms. The number of sulfonamides is 2. The minimum absolute atomic E-state index is 0.00734. The Morgan fingerprint density at radius 3 is 2.11 bits per heavy atom. The topological polar surface area (TPSA) is 104 Å². The van der Waals surface area contributed by atoms with Gasteiger partial charge in [-0.2, -0.15) is 0 Å². The van der Waals surface area contributed by atoms with Gasteiger partial charge in [-0.1, -0.05) is 17.7 Å². The first-order valence-corrected chi connectivity index (χ1v) is 11.2. The van der Waals surface area contributed by atoms with Crippen molar-refractivity contribution >= 4 is 43.2 Å². The average molecular weight is 446 g/mol. The fourth-order valence-corrected chi connectivity index (χ4v) is 4.56. The molecule has 11 heteroatoms. The summed E-state index contributed by atoms with van der Waals surface area (Å²) in [6, 6.07) is 9.14. The van der Waals surface area contributed by atoms with E-state index in [1.807, 2.05) is 0 Å². The molecule has 0 aromatic heterocycles. The molecule has 0 aliphatic rings. The van der Waals surface area contributed by atoms with E-state index in [4.69, 9.17) is 11.6 Å². The normalized spacial score (nSPS) is 12.1. The average Bonchev–Trinajstić information content (AvgIpc) is 2.61. The number of rotatable bonds is 6. The van der Waals surface area contributed by atoms with Crippen molar-refractivity contribution in [2.24, 2.45) is 0 Å². The number of amides is 1. The number of nitrogens with zero attached hydrogens (tertiary/aromatic N) is 2. The van der Waals surface area contributed by atoms with Gasteiger partial charge in [0.05, 0.1) is 21.0 Å². The van der Waals surface area contributed by atoms with Crippen LogP contribution in [-0.4, -0.2) is 60.1 Å². The van der Waals surface area contributed by atoms with Crippen LogP contribution in [0.25, 0.3) is 0 Å². The van der Waals surface area contributed by atoms with Crippen molar-refractivity contribution in [3.05, 3.63) is 53.1 Å². The number of hydrogen-bond acceptors (Lipinski definition) is 5. The Bertz CT molecular complexity index is 1110. The first-order valence-electron chi connectivity index (χ1n) is 7.93. The molecule has 0 aliphatic heterocycles. The molecule has 2 aromatic carbocycles. The first-order chi connectivity index (χ1) is 12.9. The largest absolute Gasteiger partial charge is 0.345 e. The van der Waals surface area contributed by atoms with Crippen molar-refractivity contribution in [1.29, 1.82) is 0 Å². The van der Waals surface area contributed by atoms with E-state index in [1.165, 1.54) is 69.5 Å². The first kappa shape index (κ1) is 22.2. The second-order valence-corrected chi connectivity index (χ2v) is 10.5. The standard InChI is InChI=1S/C17H20ClN3O5S2/c1-20(2)17(22)15-9-8-12(18)10-16(15)19-27(23,24)13-6-5-7-14(11-13)28(25,26)21(3)4/h5-11,19H,1-4H3. The smallest absolute Gasteiger partial charge is 0.261 e. The summed E-state index contributed by atoms with van der Waals surface area (Å²) in [4.78, 5) is 13.2. The van der Waals surface area contributed by atoms with Gasteiger partial charge in [-0.15, -0.1) is 0 Å². The van der Waals surface area contributed by atoms with Gasteiger partial charge in [0.15, 0.2) is 0 Å². The maximum atomic E-state index is 12.8. The SMILES string of the molecule is CN(C)C(=O)c1ccc(Cl)cc1NS(=O)(=O)c1cccc(S(=O)(=O)N(C)C)c1. The highest BCUT2D eigenvalue weighted by Gasteiger charge is 2.23. The lowest BCUT2D eigenvalue weighted by Crippen LogP contribution is -2.24. The predicted octanol–water partition coefficient (Wildman–Crippen LogP) is 2.09. The second kappa shape index (κ2) is 8.08. The molecule has 0 bridgehead atoms. The fraction of sp³-hybridized carbons (Fsp3) is 0.235. The number of anilines is 1. The van der Waals surface area contributed by atoms with Crippen LogP contribution in [0.5, 0.6) is 0 Å². The highest BCUT2D eigenvalue weighted by atomic mass is 35.5. The summed E-state index contributed by atoms with van der Waals surface area (Å²) >= 11 is 5.95. The molecule has 152 valence electrons. The molecule has 8 nitrogen and oxygen atoms in total. The number of hydrogen-bond donors (Lipinski definition) is 1. The molecule has 2 aromatic rings. The van der Waals surface area contributed by atoms with E-state index in [1.54, 1.807) is 0 Å². The van der Waals surface area contributed by atoms with Crippen LogP contribution >= 0.6 is 11.6 Å². The van der Waals surface area contributed by atoms with Gasteiger partial charge in [-0.25, -0.2) is 21.1 Å². The lowest BCUT2D eigenvalue weighted by atomic mass is 10.1. The van der Waals surface area contributed by atoms with Crippen molar-refractivity contribution in [1.82, 2.24) is 9.21 Å². The highest BCUT2D eigenvalue weighted by molar-refractivity contribution is 7.93. The monoisotopic (exact) mass is 445 g/mol. The molecule has 0 unspecified atom stereocenters. The van der Waals surface area contributed by atoms with E-state index in [2.05, 4.69) is 4.72 Å². The van der Waals surface area contributed by atoms with Gasteiger partial charge in [0, 0.05) is 33.2 Å². The van der Waals surface area contributed by atoms with Crippen molar-refractivity contribution in [3.8, 4) is 0 Å². The molecular weight excluding hydrogens is 426 g/mol. The van der Waals surface area contributed by atoms with Gasteiger partial charge >= 0.3 is 0 Å². The van der Waals surface area contributed by atoms with Crippen LogP contribution in [0.4, 0.5) is 5.69 Å². The van der Waals surface area contributed by atoms with Gasteiger partial charge in [0.2, 0.25) is 10.0 Å². The van der Waals surface area contributed by atoms with Crippen LogP contribution in [0, 0.1) is 0 Å². The van der Waals surface area contributed by atoms with Crippen molar-refractivity contribution < 1.29 is 21.6 Å². The van der Waals surface area contributed by atoms with Crippen LogP contribution in [0.1, 0.15) is 10.4 Å². The van der Waals surface area contributed by atoms with E-state index in [9.17, 15) is 21.6 Å². The third-order valence-corrected chi connectivity index (χ3v) is 7.17. The maximum Gasteiger partial charge on any atom is 0.261 e. The lowest BCUT2D eigenvalue weighted by molar-refractivity contribution is 0.0828. The molecule has 2 rings (SSSR count). The van der Waals surface area contributed by atoms with E-state index in [-0.39, 0.29) is 26.1 Å². The minimum Gasteiger partial charge on any atom is -0.345 e. The second-order valence-electron chi connectivity index (χ2n) is 6.26. The number of carbonyl (C=O) groups is 1. The molecule has 1 amide bonds. The fourth-order valence-electron chi connectivity index (χ4n) is 2.24. The van der Waals surface area contributed by atoms with Gasteiger partial charge in [0.1, 0.15) is 0 Å². The van der Waals surface area contributed by atoms with Crippen LogP contribution in [0.15, 0.2) is 52.3 Å². The Hall–Kier alpha value is -2.14. The number of nitrogens with one attached hydrogen (secondary N) is 1. The molecule has 0 spiro atoms. The predicted molar refractivity (Wildman–Crippen MR) is 108 cm³/mol. The third kappa shape index (κ3) is 4.64. The van der Waals surface area contributed by atoms with Crippen LogP contribution in [0.3, 0.4) is 0 Å². The molecule has 0 atom stereocenters. The minimum atomic E-state index is -4.18. The summed E-state index contributed by atoms with van der Waals surface area (Å²) in [7, 11) is -2.24. The summed E-state index contributed by atoms with van der Waals surface area (Å²) in [5, 5.41) is 0.233. The van der Waals surface area contributed by atoms with Gasteiger partial charge in [-0.05, 0) is 36.4 Å². The van der Waals surface area contributed by atoms with Gasteiger partial charge in [-0.3, -0.25) is 9.52 Å². The summed E-state index contributed by atoms with van der Waals surface area (Å²) in [5.74, 6) is -0.418. The quantitative estimate of drug-likeness (QED) is 0.733. The molecule has 0 fully saturated rings. The summed E-state index contributed by atoms with van der Waals surface area (Å²) in [6.07, 6.45) is 0. The van der Waals surface area contributed by atoms with E-state index >= 15 is 0 Å². The van der Waals surface area contributed by atoms with E-state index in [0.717, 1.165) is 10.4 Å². The Kier molecular flexibility index (Phi) is 6.39. The number of benzene rings is 2. The van der Waals surface area contributed by atoms with Crippen LogP contribution < -0.4 is 4.72 Å². The zero-order valence-corrected chi connectivity index (χ0v) is 18.1. The number of carbonyl (C=O) groups excluding carboxylic acids is 1. The van der Waals surface area contributed by atoms with Crippen LogP contribution in [0.2, 0.25) is 5.02 Å². The summed E-state index contributed by atoms with van der Waals surface area (Å²) in [5.41, 5.74) is 0.0992. The Morgan fingerprint density at radius 2 is 1.54 bits per heavy atom. The Morgan fingerprint density at radius 1 is 0.929 bits per heavy atom. The molecule has 0 heterocycles. The maximum absolute atomic E-state index is 12.8. The highest BCUT2D eigenvalue weighted by Crippen LogP contribution is 2.26. The molecule has 0 aliphatic carbocycles.